The van der Waals surface area contributed by atoms with Crippen LogP contribution in [0.4, 0.5) is 5.69 Å². The minimum atomic E-state index is -0.0544. The van der Waals surface area contributed by atoms with E-state index in [0.29, 0.717) is 5.69 Å². The van der Waals surface area contributed by atoms with Gasteiger partial charge in [-0.05, 0) is 46.6 Å². The van der Waals surface area contributed by atoms with Crippen molar-refractivity contribution in [2.75, 3.05) is 11.9 Å². The van der Waals surface area contributed by atoms with E-state index in [0.717, 1.165) is 15.7 Å². The molecule has 0 radical (unpaired) electrons. The lowest BCUT2D eigenvalue weighted by Crippen LogP contribution is -2.26. The maximum absolute atomic E-state index is 12.1. The third kappa shape index (κ3) is 2.58. The van der Waals surface area contributed by atoms with E-state index in [-0.39, 0.29) is 5.91 Å². The number of nitrogens with one attached hydrogen (secondary N) is 1. The van der Waals surface area contributed by atoms with Crippen LogP contribution in [0.1, 0.15) is 16.1 Å². The Balaban J connectivity index is 2.26. The molecule has 1 amide bonds. The molecule has 4 heteroatoms. The second kappa shape index (κ2) is 4.75. The van der Waals surface area contributed by atoms with Crippen molar-refractivity contribution in [1.29, 1.82) is 0 Å². The molecule has 0 bridgehead atoms. The van der Waals surface area contributed by atoms with Gasteiger partial charge in [-0.25, -0.2) is 0 Å². The van der Waals surface area contributed by atoms with Crippen molar-refractivity contribution in [1.82, 2.24) is 4.98 Å². The highest BCUT2D eigenvalue weighted by Gasteiger charge is 2.14. The van der Waals surface area contributed by atoms with Gasteiger partial charge in [0.2, 0.25) is 0 Å². The number of hydrogen-bond donors (Lipinski definition) is 1. The largest absolute Gasteiger partial charge is 0.356 e. The quantitative estimate of drug-likeness (QED) is 0.905. The number of anilines is 1. The van der Waals surface area contributed by atoms with Gasteiger partial charge in [-0.1, -0.05) is 12.1 Å². The number of rotatable bonds is 2. The molecule has 0 unspecified atom stereocenters. The molecule has 0 saturated heterocycles. The van der Waals surface area contributed by atoms with Crippen molar-refractivity contribution in [3.63, 3.8) is 0 Å². The molecule has 0 aliphatic carbocycles. The topological polar surface area (TPSA) is 36.1 Å². The Morgan fingerprint density at radius 1 is 1.35 bits per heavy atom. The fourth-order valence-electron chi connectivity index (χ4n) is 1.63. The lowest BCUT2D eigenvalue weighted by atomic mass is 10.2. The zero-order valence-corrected chi connectivity index (χ0v) is 11.3. The van der Waals surface area contributed by atoms with Crippen molar-refractivity contribution in [3.8, 4) is 0 Å². The summed E-state index contributed by atoms with van der Waals surface area (Å²) >= 11 is 3.32. The van der Waals surface area contributed by atoms with E-state index < -0.39 is 0 Å². The molecule has 2 rings (SSSR count). The summed E-state index contributed by atoms with van der Waals surface area (Å²) in [6.07, 6.45) is 1.75. The number of H-pyrrole nitrogens is 1. The molecule has 0 aliphatic rings. The van der Waals surface area contributed by atoms with Crippen LogP contribution in [0.25, 0.3) is 0 Å². The molecule has 1 heterocycles. The standard InChI is InChI=1S/C13H13BrN2O/c1-9-4-3-5-11(6-9)16(2)13(17)12-7-10(14)8-15-12/h3-8,15H,1-2H3. The van der Waals surface area contributed by atoms with Gasteiger partial charge in [-0.3, -0.25) is 4.79 Å². The third-order valence-electron chi connectivity index (χ3n) is 2.57. The lowest BCUT2D eigenvalue weighted by molar-refractivity contribution is 0.0989. The molecule has 0 spiro atoms. The molecule has 0 fully saturated rings. The summed E-state index contributed by atoms with van der Waals surface area (Å²) in [4.78, 5) is 16.7. The monoisotopic (exact) mass is 292 g/mol. The van der Waals surface area contributed by atoms with Crippen LogP contribution in [0.15, 0.2) is 41.0 Å². The summed E-state index contributed by atoms with van der Waals surface area (Å²) in [5.41, 5.74) is 2.59. The molecular formula is C13H13BrN2O. The first-order chi connectivity index (χ1) is 8.08. The second-order valence-corrected chi connectivity index (χ2v) is 4.85. The van der Waals surface area contributed by atoms with Gasteiger partial charge in [0.25, 0.3) is 5.91 Å². The SMILES string of the molecule is Cc1cccc(N(C)C(=O)c2cc(Br)c[nH]2)c1. The van der Waals surface area contributed by atoms with Crippen molar-refractivity contribution < 1.29 is 4.79 Å². The van der Waals surface area contributed by atoms with Crippen molar-refractivity contribution >= 4 is 27.5 Å². The van der Waals surface area contributed by atoms with Gasteiger partial charge >= 0.3 is 0 Å². The molecular weight excluding hydrogens is 280 g/mol. The Hall–Kier alpha value is -1.55. The summed E-state index contributed by atoms with van der Waals surface area (Å²) in [7, 11) is 1.77. The van der Waals surface area contributed by atoms with E-state index in [1.165, 1.54) is 0 Å². The lowest BCUT2D eigenvalue weighted by Gasteiger charge is -2.16. The van der Waals surface area contributed by atoms with Gasteiger partial charge < -0.3 is 9.88 Å². The first-order valence-electron chi connectivity index (χ1n) is 5.26. The highest BCUT2D eigenvalue weighted by atomic mass is 79.9. The zero-order chi connectivity index (χ0) is 12.4. The molecule has 3 nitrogen and oxygen atoms in total. The molecule has 0 atom stereocenters. The summed E-state index contributed by atoms with van der Waals surface area (Å²) < 4.78 is 0.874. The Bertz CT molecular complexity index is 548. The van der Waals surface area contributed by atoms with E-state index in [1.54, 1.807) is 24.2 Å². The van der Waals surface area contributed by atoms with Gasteiger partial charge in [-0.2, -0.15) is 0 Å². The van der Waals surface area contributed by atoms with Crippen LogP contribution in [0.3, 0.4) is 0 Å². The maximum Gasteiger partial charge on any atom is 0.274 e. The molecule has 0 aliphatic heterocycles. The molecule has 1 aromatic carbocycles. The highest BCUT2D eigenvalue weighted by molar-refractivity contribution is 9.10. The number of aromatic nitrogens is 1. The van der Waals surface area contributed by atoms with Crippen LogP contribution in [0.5, 0.6) is 0 Å². The molecule has 0 saturated carbocycles. The van der Waals surface area contributed by atoms with Crippen molar-refractivity contribution in [3.05, 3.63) is 52.3 Å². The average molecular weight is 293 g/mol. The van der Waals surface area contributed by atoms with Crippen LogP contribution in [0.2, 0.25) is 0 Å². The van der Waals surface area contributed by atoms with Crippen LogP contribution >= 0.6 is 15.9 Å². The number of halogens is 1. The third-order valence-corrected chi connectivity index (χ3v) is 3.03. The predicted molar refractivity (Wildman–Crippen MR) is 72.4 cm³/mol. The van der Waals surface area contributed by atoms with Crippen LogP contribution in [0, 0.1) is 6.92 Å². The smallest absolute Gasteiger partial charge is 0.274 e. The first-order valence-corrected chi connectivity index (χ1v) is 6.06. The van der Waals surface area contributed by atoms with Gasteiger partial charge in [0, 0.05) is 23.4 Å². The molecule has 1 aromatic heterocycles. The Morgan fingerprint density at radius 3 is 2.71 bits per heavy atom. The van der Waals surface area contributed by atoms with Crippen LogP contribution in [-0.4, -0.2) is 17.9 Å². The summed E-state index contributed by atoms with van der Waals surface area (Å²) in [5.74, 6) is -0.0544. The number of carbonyl (C=O) groups excluding carboxylic acids is 1. The van der Waals surface area contributed by atoms with E-state index >= 15 is 0 Å². The summed E-state index contributed by atoms with van der Waals surface area (Å²) in [6.45, 7) is 2.01. The first kappa shape index (κ1) is 11.9. The van der Waals surface area contributed by atoms with Crippen molar-refractivity contribution in [2.24, 2.45) is 0 Å². The maximum atomic E-state index is 12.1. The van der Waals surface area contributed by atoms with Gasteiger partial charge in [0.1, 0.15) is 5.69 Å². The summed E-state index contributed by atoms with van der Waals surface area (Å²) in [5, 5.41) is 0. The number of nitrogens with zero attached hydrogens (tertiary/aromatic N) is 1. The van der Waals surface area contributed by atoms with Gasteiger partial charge in [0.15, 0.2) is 0 Å². The van der Waals surface area contributed by atoms with Crippen LogP contribution < -0.4 is 4.90 Å². The predicted octanol–water partition coefficient (Wildman–Crippen LogP) is 3.36. The summed E-state index contributed by atoms with van der Waals surface area (Å²) in [6, 6.07) is 9.62. The van der Waals surface area contributed by atoms with E-state index in [2.05, 4.69) is 20.9 Å². The molecule has 88 valence electrons. The van der Waals surface area contributed by atoms with E-state index in [1.807, 2.05) is 31.2 Å². The Kier molecular flexibility index (Phi) is 3.33. The number of benzene rings is 1. The number of aryl methyl sites for hydroxylation is 1. The fraction of sp³-hybridized carbons (Fsp3) is 0.154. The zero-order valence-electron chi connectivity index (χ0n) is 9.70. The number of carbonyl (C=O) groups is 1. The number of hydrogen-bond acceptors (Lipinski definition) is 1. The fourth-order valence-corrected chi connectivity index (χ4v) is 1.97. The van der Waals surface area contributed by atoms with Gasteiger partial charge in [0.05, 0.1) is 0 Å². The highest BCUT2D eigenvalue weighted by Crippen LogP contribution is 2.18. The molecule has 1 N–H and O–H groups in total. The van der Waals surface area contributed by atoms with E-state index in [4.69, 9.17) is 0 Å². The minimum absolute atomic E-state index is 0.0544. The second-order valence-electron chi connectivity index (χ2n) is 3.93. The average Bonchev–Trinajstić information content (AvgIpc) is 2.74. The normalized spacial score (nSPS) is 10.3. The van der Waals surface area contributed by atoms with Crippen LogP contribution in [-0.2, 0) is 0 Å². The number of aromatic amines is 1. The Morgan fingerprint density at radius 2 is 2.12 bits per heavy atom. The number of amides is 1. The van der Waals surface area contributed by atoms with Gasteiger partial charge in [-0.15, -0.1) is 0 Å². The Labute approximate surface area is 109 Å². The van der Waals surface area contributed by atoms with E-state index in [9.17, 15) is 4.79 Å². The molecule has 17 heavy (non-hydrogen) atoms. The van der Waals surface area contributed by atoms with Crippen molar-refractivity contribution in [2.45, 2.75) is 6.92 Å². The minimum Gasteiger partial charge on any atom is -0.356 e. The molecule has 2 aromatic rings.